The molecule has 0 bridgehead atoms. The predicted molar refractivity (Wildman–Crippen MR) is 76.0 cm³/mol. The average Bonchev–Trinajstić information content (AvgIpc) is 2.83. The molecule has 0 amide bonds. The fourth-order valence-electron chi connectivity index (χ4n) is 1.93. The maximum atomic E-state index is 6.01. The van der Waals surface area contributed by atoms with Gasteiger partial charge in [0.1, 0.15) is 12.4 Å². The van der Waals surface area contributed by atoms with Crippen molar-refractivity contribution < 1.29 is 4.74 Å². The van der Waals surface area contributed by atoms with Gasteiger partial charge in [0.25, 0.3) is 0 Å². The summed E-state index contributed by atoms with van der Waals surface area (Å²) in [5.41, 5.74) is 8.10. The van der Waals surface area contributed by atoms with E-state index < -0.39 is 0 Å². The molecule has 1 heterocycles. The smallest absolute Gasteiger partial charge is 0.132 e. The second-order valence-corrected chi connectivity index (χ2v) is 4.75. The van der Waals surface area contributed by atoms with Gasteiger partial charge in [0.2, 0.25) is 0 Å². The maximum absolute atomic E-state index is 6.01. The first-order chi connectivity index (χ1) is 9.19. The Bertz CT molecular complexity index is 522. The molecule has 19 heavy (non-hydrogen) atoms. The van der Waals surface area contributed by atoms with Gasteiger partial charge in [0.15, 0.2) is 0 Å². The molecule has 0 aliphatic rings. The van der Waals surface area contributed by atoms with E-state index in [-0.39, 0.29) is 6.04 Å². The molecule has 1 aromatic carbocycles. The molecule has 0 fully saturated rings. The summed E-state index contributed by atoms with van der Waals surface area (Å²) < 4.78 is 7.63. The molecular formula is C15H21N3O. The molecule has 0 saturated heterocycles. The number of aryl methyl sites for hydroxylation is 1. The minimum absolute atomic E-state index is 0.180. The molecule has 0 aliphatic carbocycles. The highest BCUT2D eigenvalue weighted by Crippen LogP contribution is 2.20. The van der Waals surface area contributed by atoms with Crippen molar-refractivity contribution in [3.05, 3.63) is 47.8 Å². The third-order valence-corrected chi connectivity index (χ3v) is 3.12. The van der Waals surface area contributed by atoms with Crippen molar-refractivity contribution in [2.24, 2.45) is 12.8 Å². The van der Waals surface area contributed by atoms with Gasteiger partial charge in [-0.1, -0.05) is 25.1 Å². The zero-order valence-electron chi connectivity index (χ0n) is 11.5. The molecule has 4 nitrogen and oxygen atoms in total. The Morgan fingerprint density at radius 3 is 2.79 bits per heavy atom. The molecule has 0 radical (unpaired) electrons. The van der Waals surface area contributed by atoms with Crippen LogP contribution >= 0.6 is 0 Å². The van der Waals surface area contributed by atoms with Crippen LogP contribution in [0.15, 0.2) is 36.5 Å². The highest BCUT2D eigenvalue weighted by atomic mass is 16.5. The van der Waals surface area contributed by atoms with Gasteiger partial charge in [-0.15, -0.1) is 0 Å². The number of benzene rings is 1. The number of para-hydroxylation sites is 1. The van der Waals surface area contributed by atoms with Crippen LogP contribution in [0, 0.1) is 0 Å². The second-order valence-electron chi connectivity index (χ2n) is 4.75. The highest BCUT2D eigenvalue weighted by molar-refractivity contribution is 5.34. The van der Waals surface area contributed by atoms with Gasteiger partial charge in [0.05, 0.1) is 5.69 Å². The van der Waals surface area contributed by atoms with Gasteiger partial charge in [-0.25, -0.2) is 0 Å². The van der Waals surface area contributed by atoms with Gasteiger partial charge < -0.3 is 10.5 Å². The molecule has 0 spiro atoms. The summed E-state index contributed by atoms with van der Waals surface area (Å²) in [6, 6.07) is 10.2. The maximum Gasteiger partial charge on any atom is 0.132 e. The van der Waals surface area contributed by atoms with Crippen molar-refractivity contribution in [2.75, 3.05) is 0 Å². The van der Waals surface area contributed by atoms with Gasteiger partial charge in [-0.05, 0) is 30.5 Å². The Morgan fingerprint density at radius 2 is 2.11 bits per heavy atom. The summed E-state index contributed by atoms with van der Waals surface area (Å²) in [6.45, 7) is 2.58. The van der Waals surface area contributed by atoms with Gasteiger partial charge in [-0.2, -0.15) is 5.10 Å². The van der Waals surface area contributed by atoms with E-state index >= 15 is 0 Å². The summed E-state index contributed by atoms with van der Waals surface area (Å²) in [6.07, 6.45) is 3.72. The van der Waals surface area contributed by atoms with Crippen LogP contribution in [0.5, 0.6) is 5.75 Å². The second kappa shape index (κ2) is 6.38. The van der Waals surface area contributed by atoms with Crippen molar-refractivity contribution in [3.63, 3.8) is 0 Å². The lowest BCUT2D eigenvalue weighted by atomic mass is 10.0. The Balaban J connectivity index is 2.03. The SMILES string of the molecule is CCC(N)Cc1ccccc1OCc1ccn(C)n1. The van der Waals surface area contributed by atoms with E-state index in [2.05, 4.69) is 18.1 Å². The van der Waals surface area contributed by atoms with Crippen molar-refractivity contribution >= 4 is 0 Å². The van der Waals surface area contributed by atoms with Crippen LogP contribution in [-0.4, -0.2) is 15.8 Å². The summed E-state index contributed by atoms with van der Waals surface area (Å²) >= 11 is 0. The number of nitrogens with two attached hydrogens (primary N) is 1. The van der Waals surface area contributed by atoms with Crippen molar-refractivity contribution in [3.8, 4) is 5.75 Å². The van der Waals surface area contributed by atoms with Crippen LogP contribution in [0.3, 0.4) is 0 Å². The molecule has 1 aromatic heterocycles. The first kappa shape index (κ1) is 13.6. The zero-order chi connectivity index (χ0) is 13.7. The lowest BCUT2D eigenvalue weighted by Crippen LogP contribution is -2.21. The first-order valence-corrected chi connectivity index (χ1v) is 6.64. The van der Waals surface area contributed by atoms with Gasteiger partial charge >= 0.3 is 0 Å². The summed E-state index contributed by atoms with van der Waals surface area (Å²) in [7, 11) is 1.90. The topological polar surface area (TPSA) is 53.1 Å². The minimum atomic E-state index is 0.180. The van der Waals surface area contributed by atoms with Crippen molar-refractivity contribution in [2.45, 2.75) is 32.4 Å². The molecule has 1 atom stereocenters. The summed E-state index contributed by atoms with van der Waals surface area (Å²) in [5, 5.41) is 4.30. The van der Waals surface area contributed by atoms with Crippen molar-refractivity contribution in [1.82, 2.24) is 9.78 Å². The summed E-state index contributed by atoms with van der Waals surface area (Å²) in [5.74, 6) is 0.900. The molecule has 2 N–H and O–H groups in total. The summed E-state index contributed by atoms with van der Waals surface area (Å²) in [4.78, 5) is 0. The minimum Gasteiger partial charge on any atom is -0.487 e. The standard InChI is InChI=1S/C15H21N3O/c1-3-13(16)10-12-6-4-5-7-15(12)19-11-14-8-9-18(2)17-14/h4-9,13H,3,10-11,16H2,1-2H3. The Labute approximate surface area is 114 Å². The third kappa shape index (κ3) is 3.83. The normalized spacial score (nSPS) is 12.4. The van der Waals surface area contributed by atoms with Gasteiger partial charge in [-0.3, -0.25) is 4.68 Å². The van der Waals surface area contributed by atoms with Crippen molar-refractivity contribution in [1.29, 1.82) is 0 Å². The van der Waals surface area contributed by atoms with E-state index in [0.717, 1.165) is 29.8 Å². The van der Waals surface area contributed by atoms with Crippen LogP contribution < -0.4 is 10.5 Å². The third-order valence-electron chi connectivity index (χ3n) is 3.12. The number of hydrogen-bond donors (Lipinski definition) is 1. The average molecular weight is 259 g/mol. The largest absolute Gasteiger partial charge is 0.487 e. The number of aromatic nitrogens is 2. The fraction of sp³-hybridized carbons (Fsp3) is 0.400. The Kier molecular flexibility index (Phi) is 4.58. The fourth-order valence-corrected chi connectivity index (χ4v) is 1.93. The Hall–Kier alpha value is -1.81. The van der Waals surface area contributed by atoms with Gasteiger partial charge in [0, 0.05) is 19.3 Å². The lowest BCUT2D eigenvalue weighted by Gasteiger charge is -2.13. The monoisotopic (exact) mass is 259 g/mol. The van der Waals surface area contributed by atoms with Crippen LogP contribution in [-0.2, 0) is 20.1 Å². The van der Waals surface area contributed by atoms with Crippen LogP contribution in [0.25, 0.3) is 0 Å². The lowest BCUT2D eigenvalue weighted by molar-refractivity contribution is 0.296. The van der Waals surface area contributed by atoms with Crippen LogP contribution in [0.1, 0.15) is 24.6 Å². The molecule has 2 rings (SSSR count). The zero-order valence-corrected chi connectivity index (χ0v) is 11.5. The quantitative estimate of drug-likeness (QED) is 0.866. The van der Waals surface area contributed by atoms with E-state index in [1.807, 2.05) is 37.5 Å². The number of ether oxygens (including phenoxy) is 1. The number of rotatable bonds is 6. The van der Waals surface area contributed by atoms with E-state index in [9.17, 15) is 0 Å². The molecule has 0 saturated carbocycles. The number of nitrogens with zero attached hydrogens (tertiary/aromatic N) is 2. The van der Waals surface area contributed by atoms with E-state index in [4.69, 9.17) is 10.5 Å². The molecule has 1 unspecified atom stereocenters. The predicted octanol–water partition coefficient (Wildman–Crippen LogP) is 2.28. The molecular weight excluding hydrogens is 238 g/mol. The molecule has 0 aliphatic heterocycles. The van der Waals surface area contributed by atoms with Crippen LogP contribution in [0.4, 0.5) is 0 Å². The van der Waals surface area contributed by atoms with E-state index in [1.165, 1.54) is 0 Å². The number of hydrogen-bond acceptors (Lipinski definition) is 3. The Morgan fingerprint density at radius 1 is 1.32 bits per heavy atom. The van der Waals surface area contributed by atoms with Crippen LogP contribution in [0.2, 0.25) is 0 Å². The molecule has 102 valence electrons. The molecule has 4 heteroatoms. The van der Waals surface area contributed by atoms with E-state index in [0.29, 0.717) is 6.61 Å². The first-order valence-electron chi connectivity index (χ1n) is 6.64. The van der Waals surface area contributed by atoms with E-state index in [1.54, 1.807) is 4.68 Å². The highest BCUT2D eigenvalue weighted by Gasteiger charge is 2.08. The molecule has 2 aromatic rings.